The molecule has 0 radical (unpaired) electrons. The number of aryl methyl sites for hydroxylation is 1. The Balaban J connectivity index is 2.11. The van der Waals surface area contributed by atoms with E-state index in [1.807, 2.05) is 29.8 Å². The molecule has 1 N–H and O–H groups in total. The first kappa shape index (κ1) is 9.89. The van der Waals surface area contributed by atoms with E-state index in [2.05, 4.69) is 15.3 Å². The lowest BCUT2D eigenvalue weighted by Crippen LogP contribution is -1.87. The average Bonchev–Trinajstić information content (AvgIpc) is 2.96. The van der Waals surface area contributed by atoms with Crippen LogP contribution >= 0.6 is 0 Å². The number of nitrogens with zero attached hydrogens (tertiary/aromatic N) is 3. The van der Waals surface area contributed by atoms with E-state index in [9.17, 15) is 0 Å². The van der Waals surface area contributed by atoms with Crippen LogP contribution in [0.3, 0.4) is 0 Å². The topological polar surface area (TPSA) is 55.9 Å². The molecule has 0 aliphatic rings. The van der Waals surface area contributed by atoms with Gasteiger partial charge in [-0.2, -0.15) is 4.98 Å². The van der Waals surface area contributed by atoms with Crippen molar-refractivity contribution in [2.45, 2.75) is 0 Å². The van der Waals surface area contributed by atoms with Gasteiger partial charge < -0.3 is 14.3 Å². The second-order valence-electron chi connectivity index (χ2n) is 3.85. The van der Waals surface area contributed by atoms with Crippen LogP contribution in [0.15, 0.2) is 35.2 Å². The van der Waals surface area contributed by atoms with Crippen molar-refractivity contribution in [2.75, 3.05) is 12.4 Å². The molecule has 0 amide bonds. The first-order chi connectivity index (χ1) is 8.28. The molecule has 0 aliphatic carbocycles. The van der Waals surface area contributed by atoms with Gasteiger partial charge in [0, 0.05) is 19.7 Å². The Bertz CT molecular complexity index is 668. The molecular formula is C12H12N4O. The monoisotopic (exact) mass is 228 g/mol. The van der Waals surface area contributed by atoms with E-state index >= 15 is 0 Å². The maximum absolute atomic E-state index is 5.24. The standard InChI is InChI=1S/C12H12N4O/c1-13-12-15-10(6-17-12)8-3-4-11-9(5-8)14-7-16(11)2/h3-7H,1-2H3,(H,13,15). The Labute approximate surface area is 98.1 Å². The van der Waals surface area contributed by atoms with Crippen molar-refractivity contribution in [3.63, 3.8) is 0 Å². The lowest BCUT2D eigenvalue weighted by atomic mass is 10.1. The van der Waals surface area contributed by atoms with E-state index < -0.39 is 0 Å². The molecule has 0 atom stereocenters. The molecule has 5 heteroatoms. The predicted octanol–water partition coefficient (Wildman–Crippen LogP) is 2.27. The average molecular weight is 228 g/mol. The van der Waals surface area contributed by atoms with Crippen LogP contribution in [0.1, 0.15) is 0 Å². The molecule has 3 rings (SSSR count). The summed E-state index contributed by atoms with van der Waals surface area (Å²) < 4.78 is 7.22. The summed E-state index contributed by atoms with van der Waals surface area (Å²) in [4.78, 5) is 8.62. The van der Waals surface area contributed by atoms with E-state index in [4.69, 9.17) is 4.42 Å². The van der Waals surface area contributed by atoms with Crippen molar-refractivity contribution in [3.8, 4) is 11.3 Å². The molecule has 0 spiro atoms. The van der Waals surface area contributed by atoms with E-state index in [0.29, 0.717) is 6.01 Å². The SMILES string of the molecule is CNc1nc(-c2ccc3c(c2)ncn3C)co1. The maximum atomic E-state index is 5.24. The molecule has 0 saturated carbocycles. The fourth-order valence-corrected chi connectivity index (χ4v) is 1.82. The number of hydrogen-bond donors (Lipinski definition) is 1. The first-order valence-corrected chi connectivity index (χ1v) is 5.32. The number of oxazole rings is 1. The summed E-state index contributed by atoms with van der Waals surface area (Å²) in [6, 6.07) is 6.57. The number of imidazole rings is 1. The van der Waals surface area contributed by atoms with E-state index in [1.54, 1.807) is 19.6 Å². The second-order valence-corrected chi connectivity index (χ2v) is 3.85. The smallest absolute Gasteiger partial charge is 0.294 e. The molecule has 3 aromatic rings. The van der Waals surface area contributed by atoms with Gasteiger partial charge in [-0.15, -0.1) is 0 Å². The highest BCUT2D eigenvalue weighted by atomic mass is 16.4. The molecule has 0 aliphatic heterocycles. The summed E-state index contributed by atoms with van der Waals surface area (Å²) in [6.07, 6.45) is 3.44. The zero-order chi connectivity index (χ0) is 11.8. The fraction of sp³-hybridized carbons (Fsp3) is 0.167. The first-order valence-electron chi connectivity index (χ1n) is 5.32. The van der Waals surface area contributed by atoms with E-state index in [1.165, 1.54) is 0 Å². The maximum Gasteiger partial charge on any atom is 0.294 e. The number of fused-ring (bicyclic) bond motifs is 1. The van der Waals surface area contributed by atoms with Crippen LogP contribution in [0.5, 0.6) is 0 Å². The summed E-state index contributed by atoms with van der Waals surface area (Å²) in [6.45, 7) is 0. The van der Waals surface area contributed by atoms with Crippen LogP contribution < -0.4 is 5.32 Å². The summed E-state index contributed by atoms with van der Waals surface area (Å²) in [7, 11) is 3.75. The van der Waals surface area contributed by atoms with Gasteiger partial charge in [-0.05, 0) is 12.1 Å². The Morgan fingerprint density at radius 2 is 2.24 bits per heavy atom. The lowest BCUT2D eigenvalue weighted by molar-refractivity contribution is 0.576. The molecule has 17 heavy (non-hydrogen) atoms. The summed E-state index contributed by atoms with van der Waals surface area (Å²) in [5.41, 5.74) is 3.87. The molecule has 0 fully saturated rings. The minimum Gasteiger partial charge on any atom is -0.432 e. The number of anilines is 1. The predicted molar refractivity (Wildman–Crippen MR) is 65.8 cm³/mol. The number of nitrogens with one attached hydrogen (secondary N) is 1. The van der Waals surface area contributed by atoms with Gasteiger partial charge >= 0.3 is 0 Å². The van der Waals surface area contributed by atoms with Crippen LogP contribution in [-0.4, -0.2) is 21.6 Å². The van der Waals surface area contributed by atoms with Gasteiger partial charge in [0.05, 0.1) is 17.4 Å². The molecular weight excluding hydrogens is 216 g/mol. The van der Waals surface area contributed by atoms with Crippen LogP contribution in [0.4, 0.5) is 6.01 Å². The fourth-order valence-electron chi connectivity index (χ4n) is 1.82. The van der Waals surface area contributed by atoms with Crippen LogP contribution in [-0.2, 0) is 7.05 Å². The van der Waals surface area contributed by atoms with E-state index in [-0.39, 0.29) is 0 Å². The van der Waals surface area contributed by atoms with Crippen LogP contribution in [0, 0.1) is 0 Å². The molecule has 2 aromatic heterocycles. The third-order valence-electron chi connectivity index (χ3n) is 2.74. The summed E-state index contributed by atoms with van der Waals surface area (Å²) in [5, 5.41) is 2.86. The molecule has 0 saturated heterocycles. The van der Waals surface area contributed by atoms with Gasteiger partial charge in [-0.25, -0.2) is 4.98 Å². The highest BCUT2D eigenvalue weighted by molar-refractivity contribution is 5.81. The Kier molecular flexibility index (Phi) is 2.11. The summed E-state index contributed by atoms with van der Waals surface area (Å²) in [5.74, 6) is 0. The zero-order valence-electron chi connectivity index (χ0n) is 9.64. The number of hydrogen-bond acceptors (Lipinski definition) is 4. The van der Waals surface area contributed by atoms with Crippen molar-refractivity contribution in [1.29, 1.82) is 0 Å². The quantitative estimate of drug-likeness (QED) is 0.731. The van der Waals surface area contributed by atoms with Gasteiger partial charge in [0.25, 0.3) is 6.01 Å². The Hall–Kier alpha value is -2.30. The van der Waals surface area contributed by atoms with Crippen molar-refractivity contribution < 1.29 is 4.42 Å². The third kappa shape index (κ3) is 1.56. The second kappa shape index (κ2) is 3.62. The molecule has 0 bridgehead atoms. The molecule has 5 nitrogen and oxygen atoms in total. The van der Waals surface area contributed by atoms with Crippen LogP contribution in [0.25, 0.3) is 22.3 Å². The van der Waals surface area contributed by atoms with Crippen molar-refractivity contribution in [1.82, 2.24) is 14.5 Å². The van der Waals surface area contributed by atoms with Crippen LogP contribution in [0.2, 0.25) is 0 Å². The number of aromatic nitrogens is 3. The largest absolute Gasteiger partial charge is 0.432 e. The highest BCUT2D eigenvalue weighted by Crippen LogP contribution is 2.24. The Morgan fingerprint density at radius 1 is 1.35 bits per heavy atom. The highest BCUT2D eigenvalue weighted by Gasteiger charge is 2.07. The number of rotatable bonds is 2. The van der Waals surface area contributed by atoms with Crippen molar-refractivity contribution in [3.05, 3.63) is 30.8 Å². The van der Waals surface area contributed by atoms with Gasteiger partial charge in [0.2, 0.25) is 0 Å². The normalized spacial score (nSPS) is 10.9. The lowest BCUT2D eigenvalue weighted by Gasteiger charge is -1.97. The van der Waals surface area contributed by atoms with Gasteiger partial charge in [-0.3, -0.25) is 0 Å². The third-order valence-corrected chi connectivity index (χ3v) is 2.74. The molecule has 0 unspecified atom stereocenters. The number of benzene rings is 1. The zero-order valence-corrected chi connectivity index (χ0v) is 9.64. The Morgan fingerprint density at radius 3 is 3.00 bits per heavy atom. The van der Waals surface area contributed by atoms with E-state index in [0.717, 1.165) is 22.3 Å². The molecule has 2 heterocycles. The van der Waals surface area contributed by atoms with Gasteiger partial charge in [0.15, 0.2) is 0 Å². The minimum absolute atomic E-state index is 0.515. The van der Waals surface area contributed by atoms with Crippen molar-refractivity contribution in [2.24, 2.45) is 7.05 Å². The minimum atomic E-state index is 0.515. The van der Waals surface area contributed by atoms with Crippen molar-refractivity contribution >= 4 is 17.0 Å². The van der Waals surface area contributed by atoms with Gasteiger partial charge in [0.1, 0.15) is 12.0 Å². The molecule has 86 valence electrons. The van der Waals surface area contributed by atoms with Gasteiger partial charge in [-0.1, -0.05) is 6.07 Å². The summed E-state index contributed by atoms with van der Waals surface area (Å²) >= 11 is 0. The molecule has 1 aromatic carbocycles.